The Balaban J connectivity index is 2.67. The van der Waals surface area contributed by atoms with Gasteiger partial charge in [0.1, 0.15) is 8.42 Å². The molecule has 0 aromatic carbocycles. The molecule has 6 nitrogen and oxygen atoms in total. The van der Waals surface area contributed by atoms with E-state index in [0.717, 1.165) is 17.9 Å². The van der Waals surface area contributed by atoms with E-state index in [9.17, 15) is 16.8 Å². The Morgan fingerprint density at radius 1 is 1.45 bits per heavy atom. The SMILES string of the molecule is CCN(C(C)C)[C@H]1C[C@H](C)S(=O)(=O)c2sc(S(N)(=O)=O)cc21. The number of hydrogen-bond donors (Lipinski definition) is 1. The number of sulfone groups is 1. The minimum atomic E-state index is -3.91. The second-order valence-corrected chi connectivity index (χ2v) is 11.3. The fraction of sp³-hybridized carbons (Fsp3) is 0.692. The maximum absolute atomic E-state index is 12.5. The van der Waals surface area contributed by atoms with E-state index in [1.54, 1.807) is 6.92 Å². The molecule has 1 aromatic rings. The Morgan fingerprint density at radius 3 is 2.50 bits per heavy atom. The van der Waals surface area contributed by atoms with Crippen molar-refractivity contribution in [1.82, 2.24) is 4.90 Å². The molecular formula is C13H22N2O4S3. The van der Waals surface area contributed by atoms with Gasteiger partial charge in [0, 0.05) is 17.6 Å². The van der Waals surface area contributed by atoms with Gasteiger partial charge in [-0.1, -0.05) is 6.92 Å². The van der Waals surface area contributed by atoms with Crippen LogP contribution >= 0.6 is 11.3 Å². The van der Waals surface area contributed by atoms with Crippen LogP contribution in [-0.4, -0.2) is 39.6 Å². The Kier molecular flexibility index (Phi) is 4.76. The predicted molar refractivity (Wildman–Crippen MR) is 87.2 cm³/mol. The molecule has 2 atom stereocenters. The van der Waals surface area contributed by atoms with Crippen LogP contribution in [0.5, 0.6) is 0 Å². The van der Waals surface area contributed by atoms with Crippen LogP contribution in [0.4, 0.5) is 0 Å². The number of thiophene rings is 1. The van der Waals surface area contributed by atoms with Crippen LogP contribution in [-0.2, 0) is 19.9 Å². The van der Waals surface area contributed by atoms with Gasteiger partial charge in [0.05, 0.1) is 5.25 Å². The number of nitrogens with two attached hydrogens (primary N) is 1. The number of sulfonamides is 1. The first-order valence-electron chi connectivity index (χ1n) is 7.16. The molecule has 0 bridgehead atoms. The lowest BCUT2D eigenvalue weighted by Gasteiger charge is -2.38. The van der Waals surface area contributed by atoms with Gasteiger partial charge < -0.3 is 0 Å². The molecule has 0 saturated carbocycles. The highest BCUT2D eigenvalue weighted by molar-refractivity contribution is 7.95. The number of fused-ring (bicyclic) bond motifs is 1. The van der Waals surface area contributed by atoms with Crippen LogP contribution in [0.2, 0.25) is 0 Å². The molecule has 2 rings (SSSR count). The van der Waals surface area contributed by atoms with E-state index in [0.29, 0.717) is 12.0 Å². The largest absolute Gasteiger partial charge is 0.294 e. The summed E-state index contributed by atoms with van der Waals surface area (Å²) in [5, 5.41) is 4.64. The first-order valence-corrected chi connectivity index (χ1v) is 11.1. The summed E-state index contributed by atoms with van der Waals surface area (Å²) in [4.78, 5) is 2.18. The third-order valence-electron chi connectivity index (χ3n) is 4.11. The summed E-state index contributed by atoms with van der Waals surface area (Å²) in [7, 11) is -7.39. The molecule has 0 unspecified atom stereocenters. The Morgan fingerprint density at radius 2 is 2.05 bits per heavy atom. The van der Waals surface area contributed by atoms with Crippen molar-refractivity contribution in [2.75, 3.05) is 6.54 Å². The lowest BCUT2D eigenvalue weighted by molar-refractivity contribution is 0.150. The van der Waals surface area contributed by atoms with E-state index in [-0.39, 0.29) is 20.5 Å². The molecule has 1 aliphatic rings. The molecule has 0 fully saturated rings. The molecule has 1 aliphatic heterocycles. The van der Waals surface area contributed by atoms with Crippen molar-refractivity contribution < 1.29 is 16.8 Å². The quantitative estimate of drug-likeness (QED) is 0.875. The molecule has 0 aliphatic carbocycles. The number of hydrogen-bond acceptors (Lipinski definition) is 6. The first kappa shape index (κ1) is 17.9. The van der Waals surface area contributed by atoms with E-state index >= 15 is 0 Å². The number of primary sulfonamides is 1. The van der Waals surface area contributed by atoms with E-state index in [1.807, 2.05) is 20.8 Å². The molecule has 126 valence electrons. The summed E-state index contributed by atoms with van der Waals surface area (Å²) < 4.78 is 48.3. The molecule has 2 heterocycles. The lowest BCUT2D eigenvalue weighted by Crippen LogP contribution is -2.40. The van der Waals surface area contributed by atoms with E-state index in [2.05, 4.69) is 4.90 Å². The molecule has 0 amide bonds. The highest BCUT2D eigenvalue weighted by Gasteiger charge is 2.41. The van der Waals surface area contributed by atoms with Crippen molar-refractivity contribution in [3.8, 4) is 0 Å². The van der Waals surface area contributed by atoms with Crippen molar-refractivity contribution >= 4 is 31.2 Å². The molecule has 0 saturated heterocycles. The van der Waals surface area contributed by atoms with E-state index in [4.69, 9.17) is 5.14 Å². The highest BCUT2D eigenvalue weighted by Crippen LogP contribution is 2.45. The van der Waals surface area contributed by atoms with Gasteiger partial charge in [-0.05, 0) is 39.8 Å². The summed E-state index contributed by atoms with van der Waals surface area (Å²) in [6.07, 6.45) is 0.460. The topological polar surface area (TPSA) is 97.5 Å². The van der Waals surface area contributed by atoms with Gasteiger partial charge in [0.25, 0.3) is 0 Å². The number of nitrogens with zero attached hydrogens (tertiary/aromatic N) is 1. The van der Waals surface area contributed by atoms with E-state index < -0.39 is 25.1 Å². The first-order chi connectivity index (χ1) is 10.00. The van der Waals surface area contributed by atoms with Gasteiger partial charge in [-0.3, -0.25) is 4.90 Å². The van der Waals surface area contributed by atoms with Crippen molar-refractivity contribution in [2.24, 2.45) is 5.14 Å². The van der Waals surface area contributed by atoms with Crippen molar-refractivity contribution in [1.29, 1.82) is 0 Å². The summed E-state index contributed by atoms with van der Waals surface area (Å²) in [6.45, 7) is 8.54. The predicted octanol–water partition coefficient (Wildman–Crippen LogP) is 1.73. The smallest absolute Gasteiger partial charge is 0.247 e. The van der Waals surface area contributed by atoms with Gasteiger partial charge >= 0.3 is 0 Å². The average Bonchev–Trinajstić information content (AvgIpc) is 2.82. The van der Waals surface area contributed by atoms with Crippen LogP contribution in [0.15, 0.2) is 14.5 Å². The Hall–Kier alpha value is -0.480. The molecule has 0 spiro atoms. The minimum absolute atomic E-state index is 0.0833. The van der Waals surface area contributed by atoms with Gasteiger partial charge in [-0.25, -0.2) is 22.0 Å². The fourth-order valence-corrected chi connectivity index (χ4v) is 7.37. The minimum Gasteiger partial charge on any atom is -0.294 e. The standard InChI is InChI=1S/C13H22N2O4S3/c1-5-15(8(2)3)11-6-9(4)21(16,17)13-10(11)7-12(20-13)22(14,18)19/h7-9,11H,5-6H2,1-4H3,(H2,14,18,19)/t9-,11-/m0/s1. The van der Waals surface area contributed by atoms with Crippen molar-refractivity contribution in [3.05, 3.63) is 11.6 Å². The summed E-state index contributed by atoms with van der Waals surface area (Å²) in [5.41, 5.74) is 0.572. The second kappa shape index (κ2) is 5.86. The van der Waals surface area contributed by atoms with Crippen LogP contribution in [0.3, 0.4) is 0 Å². The molecular weight excluding hydrogens is 344 g/mol. The van der Waals surface area contributed by atoms with Gasteiger partial charge in [0.2, 0.25) is 10.0 Å². The van der Waals surface area contributed by atoms with E-state index in [1.165, 1.54) is 6.07 Å². The molecule has 1 aromatic heterocycles. The summed E-state index contributed by atoms with van der Waals surface area (Å²) in [5.74, 6) is 0. The van der Waals surface area contributed by atoms with Crippen molar-refractivity contribution in [3.63, 3.8) is 0 Å². The summed E-state index contributed by atoms with van der Waals surface area (Å²) in [6, 6.07) is 1.56. The lowest BCUT2D eigenvalue weighted by atomic mass is 10.0. The van der Waals surface area contributed by atoms with Crippen LogP contribution < -0.4 is 5.14 Å². The number of rotatable bonds is 4. The van der Waals surface area contributed by atoms with Crippen LogP contribution in [0.25, 0.3) is 0 Å². The zero-order valence-electron chi connectivity index (χ0n) is 13.1. The highest BCUT2D eigenvalue weighted by atomic mass is 32.3. The average molecular weight is 367 g/mol. The maximum Gasteiger partial charge on any atom is 0.247 e. The zero-order valence-corrected chi connectivity index (χ0v) is 15.6. The molecule has 2 N–H and O–H groups in total. The van der Waals surface area contributed by atoms with Gasteiger partial charge in [-0.15, -0.1) is 11.3 Å². The molecule has 0 radical (unpaired) electrons. The maximum atomic E-state index is 12.5. The van der Waals surface area contributed by atoms with Gasteiger partial charge in [0.15, 0.2) is 9.84 Å². The monoisotopic (exact) mass is 366 g/mol. The Bertz CT molecular complexity index is 765. The van der Waals surface area contributed by atoms with Crippen molar-refractivity contribution in [2.45, 2.75) is 59.9 Å². The summed E-state index contributed by atoms with van der Waals surface area (Å²) >= 11 is 0.769. The normalized spacial score (nSPS) is 24.7. The third-order valence-corrected chi connectivity index (χ3v) is 9.43. The second-order valence-electron chi connectivity index (χ2n) is 5.88. The van der Waals surface area contributed by atoms with Crippen LogP contribution in [0, 0.1) is 0 Å². The molecule has 9 heteroatoms. The van der Waals surface area contributed by atoms with Gasteiger partial charge in [-0.2, -0.15) is 0 Å². The third kappa shape index (κ3) is 2.96. The fourth-order valence-electron chi connectivity index (χ4n) is 2.97. The van der Waals surface area contributed by atoms with Crippen LogP contribution in [0.1, 0.15) is 45.7 Å². The molecule has 22 heavy (non-hydrogen) atoms. The Labute approximate surface area is 136 Å². The zero-order chi connectivity index (χ0) is 16.9.